The standard InChI is InChI=1S/C28H32F3N3O8S/c29-28(30,31)26(35)42-27(36)34-10-7-20(8-11-34)25-40-18-22-17-21(3-6-24(22)41-25)19-1-4-23(5-2-19)43(37,38)32-9-12-33-13-15-39-16-14-33/h1-6,17,20,25,32H,7-16,18H2. The highest BCUT2D eigenvalue weighted by Crippen LogP contribution is 2.35. The predicted molar refractivity (Wildman–Crippen MR) is 145 cm³/mol. The van der Waals surface area contributed by atoms with Gasteiger partial charge in [0.2, 0.25) is 16.3 Å². The molecule has 15 heteroatoms. The van der Waals surface area contributed by atoms with Crippen molar-refractivity contribution in [3.63, 3.8) is 0 Å². The number of halogens is 3. The second kappa shape index (κ2) is 13.2. The lowest BCUT2D eigenvalue weighted by Gasteiger charge is -2.37. The number of rotatable bonds is 7. The molecule has 3 aliphatic heterocycles. The molecule has 1 atom stereocenters. The summed E-state index contributed by atoms with van der Waals surface area (Å²) in [4.78, 5) is 26.2. The number of benzene rings is 2. The maximum atomic E-state index is 12.7. The fraction of sp³-hybridized carbons (Fsp3) is 0.500. The Balaban J connectivity index is 1.13. The number of hydrogen-bond donors (Lipinski definition) is 1. The van der Waals surface area contributed by atoms with Crippen molar-refractivity contribution in [1.82, 2.24) is 14.5 Å². The zero-order chi connectivity index (χ0) is 30.6. The van der Waals surface area contributed by atoms with E-state index in [2.05, 4.69) is 14.4 Å². The quantitative estimate of drug-likeness (QED) is 0.364. The van der Waals surface area contributed by atoms with Gasteiger partial charge in [-0.25, -0.2) is 22.7 Å². The van der Waals surface area contributed by atoms with Gasteiger partial charge < -0.3 is 23.8 Å². The average Bonchev–Trinajstić information content (AvgIpc) is 3.00. The van der Waals surface area contributed by atoms with Crippen molar-refractivity contribution in [3.05, 3.63) is 48.0 Å². The first-order valence-corrected chi connectivity index (χ1v) is 15.4. The van der Waals surface area contributed by atoms with Crippen LogP contribution in [0.4, 0.5) is 18.0 Å². The lowest BCUT2D eigenvalue weighted by atomic mass is 9.95. The Kier molecular flexibility index (Phi) is 9.56. The second-order valence-electron chi connectivity index (χ2n) is 10.5. The summed E-state index contributed by atoms with van der Waals surface area (Å²) in [5.74, 6) is -2.03. The number of sulfonamides is 1. The molecule has 0 radical (unpaired) electrons. The minimum Gasteiger partial charge on any atom is -0.464 e. The number of fused-ring (bicyclic) bond motifs is 1. The van der Waals surface area contributed by atoms with Gasteiger partial charge in [-0.3, -0.25) is 4.90 Å². The normalized spacial score (nSPS) is 20.3. The van der Waals surface area contributed by atoms with Gasteiger partial charge in [0.1, 0.15) is 5.75 Å². The van der Waals surface area contributed by atoms with Crippen molar-refractivity contribution in [3.8, 4) is 16.9 Å². The van der Waals surface area contributed by atoms with Crippen LogP contribution >= 0.6 is 0 Å². The van der Waals surface area contributed by atoms with E-state index >= 15 is 0 Å². The number of nitrogens with zero attached hydrogens (tertiary/aromatic N) is 2. The number of alkyl halides is 3. The zero-order valence-electron chi connectivity index (χ0n) is 23.2. The number of morpholine rings is 1. The summed E-state index contributed by atoms with van der Waals surface area (Å²) in [6.45, 7) is 4.25. The maximum absolute atomic E-state index is 12.7. The molecule has 0 aliphatic carbocycles. The SMILES string of the molecule is O=C(OC(=O)C(F)(F)F)N1CCC(C2OCc3cc(-c4ccc(S(=O)(=O)NCCN5CCOCC5)cc4)ccc3O2)CC1. The van der Waals surface area contributed by atoms with Gasteiger partial charge in [0.05, 0.1) is 24.7 Å². The van der Waals surface area contributed by atoms with Crippen LogP contribution < -0.4 is 9.46 Å². The van der Waals surface area contributed by atoms with Crippen LogP contribution in [0.5, 0.6) is 5.75 Å². The van der Waals surface area contributed by atoms with E-state index in [1.807, 2.05) is 18.2 Å². The third-order valence-corrected chi connectivity index (χ3v) is 9.10. The highest BCUT2D eigenvalue weighted by atomic mass is 32.2. The Morgan fingerprint density at radius 3 is 2.33 bits per heavy atom. The molecule has 3 aliphatic rings. The number of ether oxygens (including phenoxy) is 4. The fourth-order valence-corrected chi connectivity index (χ4v) is 6.20. The van der Waals surface area contributed by atoms with Crippen molar-refractivity contribution < 1.29 is 50.1 Å². The molecule has 1 N–H and O–H groups in total. The fourth-order valence-electron chi connectivity index (χ4n) is 5.18. The molecule has 2 aromatic rings. The predicted octanol–water partition coefficient (Wildman–Crippen LogP) is 3.14. The average molecular weight is 628 g/mol. The molecular weight excluding hydrogens is 595 g/mol. The Hall–Kier alpha value is -3.24. The summed E-state index contributed by atoms with van der Waals surface area (Å²) >= 11 is 0. The van der Waals surface area contributed by atoms with E-state index in [-0.39, 0.29) is 30.5 Å². The topological polar surface area (TPSA) is 124 Å². The molecule has 2 saturated heterocycles. The van der Waals surface area contributed by atoms with Gasteiger partial charge >= 0.3 is 18.2 Å². The van der Waals surface area contributed by atoms with E-state index in [1.165, 1.54) is 0 Å². The highest BCUT2D eigenvalue weighted by molar-refractivity contribution is 7.89. The third kappa shape index (κ3) is 7.84. The molecule has 2 fully saturated rings. The van der Waals surface area contributed by atoms with Gasteiger partial charge in [-0.1, -0.05) is 18.2 Å². The monoisotopic (exact) mass is 627 g/mol. The number of likely N-dealkylation sites (tertiary alicyclic amines) is 1. The maximum Gasteiger partial charge on any atom is 0.491 e. The summed E-state index contributed by atoms with van der Waals surface area (Å²) in [5, 5.41) is 0. The van der Waals surface area contributed by atoms with E-state index in [0.29, 0.717) is 44.9 Å². The molecule has 0 saturated carbocycles. The van der Waals surface area contributed by atoms with E-state index in [4.69, 9.17) is 14.2 Å². The molecule has 1 amide bonds. The molecule has 3 heterocycles. The molecule has 0 bridgehead atoms. The minimum absolute atomic E-state index is 0.0960. The Morgan fingerprint density at radius 2 is 1.65 bits per heavy atom. The van der Waals surface area contributed by atoms with Gasteiger partial charge in [-0.2, -0.15) is 13.2 Å². The van der Waals surface area contributed by atoms with Crippen LogP contribution in [0.1, 0.15) is 18.4 Å². The molecular formula is C28H32F3N3O8S. The number of carbonyl (C=O) groups excluding carboxylic acids is 2. The van der Waals surface area contributed by atoms with Gasteiger partial charge in [-0.05, 0) is 48.2 Å². The van der Waals surface area contributed by atoms with E-state index in [0.717, 1.165) is 34.7 Å². The molecule has 5 rings (SSSR count). The van der Waals surface area contributed by atoms with Crippen LogP contribution in [-0.4, -0.2) is 95.2 Å². The van der Waals surface area contributed by atoms with Crippen LogP contribution in [-0.2, 0) is 35.6 Å². The third-order valence-electron chi connectivity index (χ3n) is 7.62. The van der Waals surface area contributed by atoms with Gasteiger partial charge in [0.15, 0.2) is 0 Å². The van der Waals surface area contributed by atoms with Crippen molar-refractivity contribution in [2.45, 2.75) is 36.8 Å². The summed E-state index contributed by atoms with van der Waals surface area (Å²) in [6, 6.07) is 12.2. The molecule has 43 heavy (non-hydrogen) atoms. The lowest BCUT2D eigenvalue weighted by molar-refractivity contribution is -0.194. The van der Waals surface area contributed by atoms with Crippen molar-refractivity contribution in [2.24, 2.45) is 5.92 Å². The molecule has 11 nitrogen and oxygen atoms in total. The minimum atomic E-state index is -5.24. The Labute approximate surface area is 246 Å². The molecule has 2 aromatic carbocycles. The van der Waals surface area contributed by atoms with Crippen LogP contribution in [0.3, 0.4) is 0 Å². The first kappa shape index (κ1) is 31.2. The molecule has 1 unspecified atom stereocenters. The van der Waals surface area contributed by atoms with Gasteiger partial charge in [-0.15, -0.1) is 0 Å². The number of carbonyl (C=O) groups is 2. The largest absolute Gasteiger partial charge is 0.491 e. The number of nitrogens with one attached hydrogen (secondary N) is 1. The Morgan fingerprint density at radius 1 is 0.977 bits per heavy atom. The summed E-state index contributed by atoms with van der Waals surface area (Å²) < 4.78 is 86.4. The number of esters is 1. The summed E-state index contributed by atoms with van der Waals surface area (Å²) in [6.07, 6.45) is -6.38. The van der Waals surface area contributed by atoms with Gasteiger partial charge in [0, 0.05) is 50.7 Å². The first-order valence-electron chi connectivity index (χ1n) is 13.9. The zero-order valence-corrected chi connectivity index (χ0v) is 24.0. The molecule has 234 valence electrons. The van der Waals surface area contributed by atoms with Crippen LogP contribution in [0.2, 0.25) is 0 Å². The van der Waals surface area contributed by atoms with E-state index in [9.17, 15) is 31.2 Å². The number of hydrogen-bond acceptors (Lipinski definition) is 9. The van der Waals surface area contributed by atoms with Crippen molar-refractivity contribution in [1.29, 1.82) is 0 Å². The van der Waals surface area contributed by atoms with Gasteiger partial charge in [0.25, 0.3) is 0 Å². The molecule has 0 spiro atoms. The Bertz CT molecular complexity index is 1410. The summed E-state index contributed by atoms with van der Waals surface area (Å²) in [5.41, 5.74) is 2.48. The van der Waals surface area contributed by atoms with Crippen LogP contribution in [0.25, 0.3) is 11.1 Å². The molecule has 0 aromatic heterocycles. The number of amides is 1. The highest BCUT2D eigenvalue weighted by Gasteiger charge is 2.43. The van der Waals surface area contributed by atoms with Crippen molar-refractivity contribution >= 4 is 22.1 Å². The second-order valence-corrected chi connectivity index (χ2v) is 12.2. The number of piperidine rings is 1. The van der Waals surface area contributed by atoms with Crippen LogP contribution in [0.15, 0.2) is 47.4 Å². The van der Waals surface area contributed by atoms with E-state index in [1.54, 1.807) is 24.3 Å². The summed E-state index contributed by atoms with van der Waals surface area (Å²) in [7, 11) is -3.65. The first-order chi connectivity index (χ1) is 20.5. The lowest BCUT2D eigenvalue weighted by Crippen LogP contribution is -2.45. The van der Waals surface area contributed by atoms with Crippen LogP contribution in [0, 0.1) is 5.92 Å². The van der Waals surface area contributed by atoms with Crippen molar-refractivity contribution in [2.75, 3.05) is 52.5 Å². The smallest absolute Gasteiger partial charge is 0.464 e. The van der Waals surface area contributed by atoms with E-state index < -0.39 is 34.6 Å².